The summed E-state index contributed by atoms with van der Waals surface area (Å²) >= 11 is 4.70. The number of anilines is 1. The molecular formula is C7H5BrN2S. The molecule has 0 aliphatic carbocycles. The zero-order valence-corrected chi connectivity index (χ0v) is 7.95. The summed E-state index contributed by atoms with van der Waals surface area (Å²) in [6.45, 7) is 0. The molecule has 0 atom stereocenters. The molecule has 0 fully saturated rings. The molecule has 0 unspecified atom stereocenters. The van der Waals surface area contributed by atoms with Crippen LogP contribution >= 0.6 is 27.5 Å². The summed E-state index contributed by atoms with van der Waals surface area (Å²) in [5.41, 5.74) is 6.63. The van der Waals surface area contributed by atoms with Crippen molar-refractivity contribution in [2.75, 3.05) is 5.73 Å². The molecule has 0 aliphatic heterocycles. The number of fused-ring (bicyclic) bond motifs is 1. The Morgan fingerprint density at radius 1 is 1.45 bits per heavy atom. The third-order valence-electron chi connectivity index (χ3n) is 1.47. The number of halogens is 1. The van der Waals surface area contributed by atoms with Gasteiger partial charge >= 0.3 is 0 Å². The highest BCUT2D eigenvalue weighted by atomic mass is 79.9. The number of aromatic nitrogens is 1. The van der Waals surface area contributed by atoms with Crippen LogP contribution in [0.1, 0.15) is 0 Å². The highest BCUT2D eigenvalue weighted by molar-refractivity contribution is 9.10. The minimum absolute atomic E-state index is 0.785. The third kappa shape index (κ3) is 1.12. The van der Waals surface area contributed by atoms with E-state index in [1.54, 1.807) is 0 Å². The fourth-order valence-electron chi connectivity index (χ4n) is 0.936. The highest BCUT2D eigenvalue weighted by Crippen LogP contribution is 2.26. The summed E-state index contributed by atoms with van der Waals surface area (Å²) in [5, 5.41) is 1.82. The maximum atomic E-state index is 5.67. The predicted octanol–water partition coefficient (Wildman–Crippen LogP) is 2.64. The van der Waals surface area contributed by atoms with Gasteiger partial charge < -0.3 is 5.73 Å². The maximum absolute atomic E-state index is 5.67. The van der Waals surface area contributed by atoms with E-state index in [2.05, 4.69) is 20.3 Å². The molecule has 1 heterocycles. The van der Waals surface area contributed by atoms with Gasteiger partial charge in [0.25, 0.3) is 0 Å². The summed E-state index contributed by atoms with van der Waals surface area (Å²) in [6, 6.07) is 5.90. The highest BCUT2D eigenvalue weighted by Gasteiger charge is 2.01. The number of nitrogens with zero attached hydrogens (tertiary/aromatic N) is 1. The fourth-order valence-corrected chi connectivity index (χ4v) is 1.90. The van der Waals surface area contributed by atoms with Crippen molar-refractivity contribution in [1.82, 2.24) is 4.37 Å². The second-order valence-corrected chi connectivity index (χ2v) is 3.93. The molecule has 0 saturated carbocycles. The van der Waals surface area contributed by atoms with Crippen LogP contribution in [-0.2, 0) is 0 Å². The van der Waals surface area contributed by atoms with Gasteiger partial charge in [-0.15, -0.1) is 0 Å². The van der Waals surface area contributed by atoms with Crippen LogP contribution in [0, 0.1) is 0 Å². The van der Waals surface area contributed by atoms with Crippen LogP contribution in [0.25, 0.3) is 10.9 Å². The molecule has 4 heteroatoms. The zero-order valence-electron chi connectivity index (χ0n) is 5.54. The van der Waals surface area contributed by atoms with E-state index in [1.807, 2.05) is 18.2 Å². The quantitative estimate of drug-likeness (QED) is 0.754. The predicted molar refractivity (Wildman–Crippen MR) is 51.7 cm³/mol. The molecule has 0 radical (unpaired) electrons. The Balaban J connectivity index is 2.86. The number of nitrogens with two attached hydrogens (primary N) is 1. The molecule has 0 spiro atoms. The van der Waals surface area contributed by atoms with Crippen molar-refractivity contribution >= 4 is 43.4 Å². The van der Waals surface area contributed by atoms with Crippen molar-refractivity contribution in [2.45, 2.75) is 0 Å². The topological polar surface area (TPSA) is 38.9 Å². The molecular weight excluding hydrogens is 224 g/mol. The van der Waals surface area contributed by atoms with Crippen molar-refractivity contribution in [3.63, 3.8) is 0 Å². The normalized spacial score (nSPS) is 10.6. The smallest absolute Gasteiger partial charge is 0.114 e. The molecule has 11 heavy (non-hydrogen) atoms. The van der Waals surface area contributed by atoms with Gasteiger partial charge in [0.05, 0.1) is 5.52 Å². The molecule has 2 nitrogen and oxygen atoms in total. The molecule has 0 amide bonds. The second-order valence-electron chi connectivity index (χ2n) is 2.21. The van der Waals surface area contributed by atoms with Crippen LogP contribution in [0.3, 0.4) is 0 Å². The van der Waals surface area contributed by atoms with Crippen LogP contribution < -0.4 is 5.73 Å². The number of benzene rings is 1. The molecule has 1 aromatic carbocycles. The first-order chi connectivity index (χ1) is 5.27. The second kappa shape index (κ2) is 2.46. The van der Waals surface area contributed by atoms with Crippen LogP contribution in [0.4, 0.5) is 5.00 Å². The molecule has 2 aromatic rings. The standard InChI is InChI=1S/C7H5BrN2S/c8-4-1-2-5-6(3-4)10-11-7(5)9/h1-3H,9H2. The Hall–Kier alpha value is -0.610. The Morgan fingerprint density at radius 2 is 2.27 bits per heavy atom. The van der Waals surface area contributed by atoms with E-state index < -0.39 is 0 Å². The van der Waals surface area contributed by atoms with Crippen molar-refractivity contribution in [3.05, 3.63) is 22.7 Å². The van der Waals surface area contributed by atoms with E-state index >= 15 is 0 Å². The summed E-state index contributed by atoms with van der Waals surface area (Å²) in [6.07, 6.45) is 0. The molecule has 2 N–H and O–H groups in total. The van der Waals surface area contributed by atoms with Crippen LogP contribution in [0.15, 0.2) is 22.7 Å². The van der Waals surface area contributed by atoms with Gasteiger partial charge in [-0.05, 0) is 29.7 Å². The third-order valence-corrected chi connectivity index (χ3v) is 2.67. The fraction of sp³-hybridized carbons (Fsp3) is 0. The van der Waals surface area contributed by atoms with Gasteiger partial charge in [0, 0.05) is 9.86 Å². The largest absolute Gasteiger partial charge is 0.389 e. The van der Waals surface area contributed by atoms with E-state index in [1.165, 1.54) is 11.5 Å². The van der Waals surface area contributed by atoms with Crippen molar-refractivity contribution in [3.8, 4) is 0 Å². The van der Waals surface area contributed by atoms with Gasteiger partial charge in [0.1, 0.15) is 5.00 Å². The van der Waals surface area contributed by atoms with Crippen molar-refractivity contribution in [2.24, 2.45) is 0 Å². The summed E-state index contributed by atoms with van der Waals surface area (Å²) < 4.78 is 5.20. The van der Waals surface area contributed by atoms with E-state index in [0.29, 0.717) is 0 Å². The Morgan fingerprint density at radius 3 is 3.09 bits per heavy atom. The number of hydrogen-bond acceptors (Lipinski definition) is 3. The molecule has 0 bridgehead atoms. The van der Waals surface area contributed by atoms with Crippen LogP contribution in [0.2, 0.25) is 0 Å². The monoisotopic (exact) mass is 228 g/mol. The first kappa shape index (κ1) is 7.06. The first-order valence-electron chi connectivity index (χ1n) is 3.08. The van der Waals surface area contributed by atoms with Gasteiger partial charge in [-0.25, -0.2) is 0 Å². The van der Waals surface area contributed by atoms with Crippen LogP contribution in [-0.4, -0.2) is 4.37 Å². The lowest BCUT2D eigenvalue weighted by Crippen LogP contribution is -1.77. The van der Waals surface area contributed by atoms with E-state index in [-0.39, 0.29) is 0 Å². The van der Waals surface area contributed by atoms with Crippen molar-refractivity contribution in [1.29, 1.82) is 0 Å². The van der Waals surface area contributed by atoms with E-state index in [4.69, 9.17) is 5.73 Å². The van der Waals surface area contributed by atoms with Gasteiger partial charge in [-0.3, -0.25) is 0 Å². The number of nitrogen functional groups attached to an aromatic ring is 1. The van der Waals surface area contributed by atoms with Gasteiger partial charge in [0.2, 0.25) is 0 Å². The maximum Gasteiger partial charge on any atom is 0.114 e. The van der Waals surface area contributed by atoms with E-state index in [9.17, 15) is 0 Å². The molecule has 0 aliphatic rings. The van der Waals surface area contributed by atoms with Crippen LogP contribution in [0.5, 0.6) is 0 Å². The molecule has 2 rings (SSSR count). The number of rotatable bonds is 0. The van der Waals surface area contributed by atoms with E-state index in [0.717, 1.165) is 20.4 Å². The average Bonchev–Trinajstić information content (AvgIpc) is 2.32. The lowest BCUT2D eigenvalue weighted by atomic mass is 10.2. The Labute approximate surface area is 76.3 Å². The summed E-state index contributed by atoms with van der Waals surface area (Å²) in [4.78, 5) is 0. The average molecular weight is 229 g/mol. The minimum atomic E-state index is 0.785. The Kier molecular flexibility index (Phi) is 1.58. The molecule has 1 aromatic heterocycles. The summed E-state index contributed by atoms with van der Waals surface area (Å²) in [5.74, 6) is 0. The zero-order chi connectivity index (χ0) is 7.84. The van der Waals surface area contributed by atoms with Gasteiger partial charge in [-0.1, -0.05) is 15.9 Å². The Bertz CT molecular complexity index is 396. The van der Waals surface area contributed by atoms with Crippen molar-refractivity contribution < 1.29 is 0 Å². The summed E-state index contributed by atoms with van der Waals surface area (Å²) in [7, 11) is 0. The molecule has 0 saturated heterocycles. The molecule has 56 valence electrons. The lowest BCUT2D eigenvalue weighted by molar-refractivity contribution is 1.64. The van der Waals surface area contributed by atoms with Gasteiger partial charge in [0.15, 0.2) is 0 Å². The minimum Gasteiger partial charge on any atom is -0.389 e. The SMILES string of the molecule is Nc1snc2cc(Br)ccc12. The first-order valence-corrected chi connectivity index (χ1v) is 4.64. The number of hydrogen-bond donors (Lipinski definition) is 1. The lowest BCUT2D eigenvalue weighted by Gasteiger charge is -1.89. The van der Waals surface area contributed by atoms with Gasteiger partial charge in [-0.2, -0.15) is 4.37 Å².